The fourth-order valence-electron chi connectivity index (χ4n) is 0.109. The predicted molar refractivity (Wildman–Crippen MR) is 28.6 cm³/mol. The van der Waals surface area contributed by atoms with Crippen LogP contribution in [0.25, 0.3) is 0 Å². The Balaban J connectivity index is 3.32. The molecular formula is C2Br2HgO2. The maximum absolute atomic E-state index is 10.0. The molecule has 0 saturated heterocycles. The van der Waals surface area contributed by atoms with Crippen LogP contribution >= 0.6 is 31.9 Å². The van der Waals surface area contributed by atoms with Crippen molar-refractivity contribution in [3.63, 3.8) is 0 Å². The third-order valence-corrected chi connectivity index (χ3v) is 7.36. The second-order valence-electron chi connectivity index (χ2n) is 0.887. The number of hydrogen-bond acceptors (Lipinski definition) is 2. The SMILES string of the molecule is O=[C](Br)[Hg][C](=O)Br. The van der Waals surface area contributed by atoms with Crippen LogP contribution in [0.2, 0.25) is 0 Å². The van der Waals surface area contributed by atoms with Crippen LogP contribution in [0.3, 0.4) is 0 Å². The average molecular weight is 416 g/mol. The summed E-state index contributed by atoms with van der Waals surface area (Å²) in [5.41, 5.74) is 0. The fourth-order valence-corrected chi connectivity index (χ4v) is 8.73. The van der Waals surface area contributed by atoms with Gasteiger partial charge in [-0.2, -0.15) is 0 Å². The molecule has 0 aromatic carbocycles. The van der Waals surface area contributed by atoms with Crippen LogP contribution in [0.15, 0.2) is 0 Å². The van der Waals surface area contributed by atoms with Crippen molar-refractivity contribution < 1.29 is 34.2 Å². The van der Waals surface area contributed by atoms with E-state index < -0.39 is 24.6 Å². The first kappa shape index (κ1) is 8.24. The molecule has 0 unspecified atom stereocenters. The molecule has 0 spiro atoms. The van der Waals surface area contributed by atoms with Gasteiger partial charge in [0.05, 0.1) is 0 Å². The first-order valence-electron chi connectivity index (χ1n) is 1.49. The van der Waals surface area contributed by atoms with Crippen LogP contribution in [-0.2, 0) is 24.6 Å². The molecule has 0 saturated carbocycles. The molecule has 0 atom stereocenters. The number of halogens is 2. The quantitative estimate of drug-likeness (QED) is 0.511. The second kappa shape index (κ2) is 4.15. The molecule has 5 heteroatoms. The summed E-state index contributed by atoms with van der Waals surface area (Å²) in [4.78, 5) is 20.0. The topological polar surface area (TPSA) is 34.1 Å². The monoisotopic (exact) mass is 416 g/mol. The zero-order chi connectivity index (χ0) is 5.86. The molecule has 0 aromatic heterocycles. The summed E-state index contributed by atoms with van der Waals surface area (Å²) >= 11 is 3.56. The van der Waals surface area contributed by atoms with Gasteiger partial charge in [0.25, 0.3) is 0 Å². The minimum absolute atomic E-state index is 0.0747. The maximum atomic E-state index is 10.0. The van der Waals surface area contributed by atoms with E-state index in [0.717, 1.165) is 0 Å². The van der Waals surface area contributed by atoms with Gasteiger partial charge in [0.2, 0.25) is 0 Å². The van der Waals surface area contributed by atoms with E-state index in [2.05, 4.69) is 31.9 Å². The molecule has 36 valence electrons. The van der Waals surface area contributed by atoms with Crippen LogP contribution in [0.4, 0.5) is 9.59 Å². The Kier molecular flexibility index (Phi) is 4.88. The number of carbonyl (C=O) groups is 2. The van der Waals surface area contributed by atoms with Crippen molar-refractivity contribution in [2.24, 2.45) is 0 Å². The van der Waals surface area contributed by atoms with E-state index in [1.807, 2.05) is 0 Å². The van der Waals surface area contributed by atoms with Crippen molar-refractivity contribution in [2.45, 2.75) is 0 Å². The normalized spacial score (nSPS) is 7.14. The van der Waals surface area contributed by atoms with Gasteiger partial charge in [-0.15, -0.1) is 0 Å². The minimum atomic E-state index is -1.81. The van der Waals surface area contributed by atoms with Crippen molar-refractivity contribution in [3.05, 3.63) is 0 Å². The Hall–Kier alpha value is 1.24. The average Bonchev–Trinajstić information content (AvgIpc) is 1.27. The van der Waals surface area contributed by atoms with Crippen molar-refractivity contribution >= 4 is 36.3 Å². The standard InChI is InChI=1S/2CBrO.Hg/c2*2-1-3;. The Morgan fingerprint density at radius 1 is 1.14 bits per heavy atom. The van der Waals surface area contributed by atoms with Crippen LogP contribution in [-0.4, -0.2) is 4.40 Å². The molecular weight excluding hydrogens is 416 g/mol. The first-order chi connectivity index (χ1) is 3.13. The van der Waals surface area contributed by atoms with Gasteiger partial charge in [0, 0.05) is 0 Å². The van der Waals surface area contributed by atoms with Crippen LogP contribution in [0.5, 0.6) is 0 Å². The number of carbonyl (C=O) groups excluding carboxylic acids is 2. The zero-order valence-corrected chi connectivity index (χ0v) is 11.9. The summed E-state index contributed by atoms with van der Waals surface area (Å²) in [7, 11) is 0. The second-order valence-corrected chi connectivity index (χ2v) is 17.1. The van der Waals surface area contributed by atoms with E-state index in [-0.39, 0.29) is 4.40 Å². The summed E-state index contributed by atoms with van der Waals surface area (Å²) in [5, 5.41) is 0. The van der Waals surface area contributed by atoms with E-state index in [9.17, 15) is 9.59 Å². The van der Waals surface area contributed by atoms with Gasteiger partial charge in [0.1, 0.15) is 0 Å². The zero-order valence-electron chi connectivity index (χ0n) is 3.28. The Bertz CT molecular complexity index is 89.9. The van der Waals surface area contributed by atoms with Crippen LogP contribution in [0, 0.1) is 0 Å². The Labute approximate surface area is 69.7 Å². The van der Waals surface area contributed by atoms with E-state index in [1.165, 1.54) is 0 Å². The number of hydrogen-bond donors (Lipinski definition) is 0. The molecule has 2 nitrogen and oxygen atoms in total. The van der Waals surface area contributed by atoms with Crippen molar-refractivity contribution in [1.82, 2.24) is 0 Å². The first-order valence-corrected chi connectivity index (χ1v) is 8.58. The Morgan fingerprint density at radius 3 is 1.43 bits per heavy atom. The molecule has 0 N–H and O–H groups in total. The van der Waals surface area contributed by atoms with Crippen LogP contribution in [0.1, 0.15) is 0 Å². The van der Waals surface area contributed by atoms with Crippen LogP contribution < -0.4 is 0 Å². The molecule has 0 fully saturated rings. The molecule has 0 aliphatic rings. The van der Waals surface area contributed by atoms with Crippen molar-refractivity contribution in [3.8, 4) is 0 Å². The molecule has 0 bridgehead atoms. The summed E-state index contributed by atoms with van der Waals surface area (Å²) in [6.45, 7) is 0. The van der Waals surface area contributed by atoms with Gasteiger partial charge in [-0.1, -0.05) is 0 Å². The molecule has 0 radical (unpaired) electrons. The number of rotatable bonds is 2. The predicted octanol–water partition coefficient (Wildman–Crippen LogP) is 2.10. The molecule has 0 rings (SSSR count). The van der Waals surface area contributed by atoms with Gasteiger partial charge < -0.3 is 0 Å². The molecule has 0 heterocycles. The molecule has 0 amide bonds. The van der Waals surface area contributed by atoms with Gasteiger partial charge in [0.15, 0.2) is 0 Å². The molecule has 0 aliphatic heterocycles. The van der Waals surface area contributed by atoms with E-state index in [1.54, 1.807) is 0 Å². The molecule has 7 heavy (non-hydrogen) atoms. The van der Waals surface area contributed by atoms with Gasteiger partial charge in [-0.3, -0.25) is 0 Å². The van der Waals surface area contributed by atoms with Gasteiger partial charge >= 0.3 is 70.4 Å². The fraction of sp³-hybridized carbons (Fsp3) is 0. The third kappa shape index (κ3) is 7.24. The van der Waals surface area contributed by atoms with E-state index in [0.29, 0.717) is 0 Å². The molecule has 0 aromatic rings. The molecule has 0 aliphatic carbocycles. The van der Waals surface area contributed by atoms with E-state index in [4.69, 9.17) is 0 Å². The van der Waals surface area contributed by atoms with Gasteiger partial charge in [-0.05, 0) is 0 Å². The summed E-state index contributed by atoms with van der Waals surface area (Å²) in [6, 6.07) is 0. The van der Waals surface area contributed by atoms with Crippen molar-refractivity contribution in [1.29, 1.82) is 0 Å². The van der Waals surface area contributed by atoms with Gasteiger partial charge in [-0.25, -0.2) is 0 Å². The summed E-state index contributed by atoms with van der Waals surface area (Å²) in [5.74, 6) is 0. The Morgan fingerprint density at radius 2 is 1.43 bits per heavy atom. The summed E-state index contributed by atoms with van der Waals surface area (Å²) < 4.78 is -0.149. The van der Waals surface area contributed by atoms with Crippen molar-refractivity contribution in [2.75, 3.05) is 0 Å². The third-order valence-electron chi connectivity index (χ3n) is 0.278. The summed E-state index contributed by atoms with van der Waals surface area (Å²) in [6.07, 6.45) is 0. The van der Waals surface area contributed by atoms with E-state index >= 15 is 0 Å².